The third-order valence-corrected chi connectivity index (χ3v) is 3.20. The number of nitro groups is 1. The average Bonchev–Trinajstić information content (AvgIpc) is 3.00. The van der Waals surface area contributed by atoms with Gasteiger partial charge in [0.2, 0.25) is 6.79 Å². The highest BCUT2D eigenvalue weighted by atomic mass is 16.7. The van der Waals surface area contributed by atoms with Crippen molar-refractivity contribution >= 4 is 17.3 Å². The van der Waals surface area contributed by atoms with Gasteiger partial charge in [-0.2, -0.15) is 5.26 Å². The molecular formula is C16H10N2O4. The number of nitriles is 1. The molecule has 0 fully saturated rings. The lowest BCUT2D eigenvalue weighted by atomic mass is 10.0. The van der Waals surface area contributed by atoms with Crippen molar-refractivity contribution < 1.29 is 14.4 Å². The Morgan fingerprint density at radius 1 is 1.23 bits per heavy atom. The van der Waals surface area contributed by atoms with Crippen LogP contribution in [0.25, 0.3) is 11.6 Å². The molecule has 1 heterocycles. The predicted molar refractivity (Wildman–Crippen MR) is 79.1 cm³/mol. The Balaban J connectivity index is 1.99. The van der Waals surface area contributed by atoms with Crippen molar-refractivity contribution in [2.45, 2.75) is 0 Å². The molecule has 0 bridgehead atoms. The number of fused-ring (bicyclic) bond motifs is 1. The van der Waals surface area contributed by atoms with E-state index >= 15 is 0 Å². The van der Waals surface area contributed by atoms with E-state index in [1.807, 2.05) is 0 Å². The molecule has 6 nitrogen and oxygen atoms in total. The molecule has 0 N–H and O–H groups in total. The van der Waals surface area contributed by atoms with Gasteiger partial charge >= 0.3 is 0 Å². The van der Waals surface area contributed by atoms with E-state index in [1.54, 1.807) is 36.4 Å². The second-order valence-electron chi connectivity index (χ2n) is 4.59. The van der Waals surface area contributed by atoms with Crippen LogP contribution in [0.5, 0.6) is 11.5 Å². The Morgan fingerprint density at radius 2 is 2.05 bits per heavy atom. The van der Waals surface area contributed by atoms with Crippen LogP contribution in [0.1, 0.15) is 11.1 Å². The molecule has 0 amide bonds. The summed E-state index contributed by atoms with van der Waals surface area (Å²) in [5, 5.41) is 20.1. The lowest BCUT2D eigenvalue weighted by Crippen LogP contribution is -1.92. The largest absolute Gasteiger partial charge is 0.454 e. The number of non-ortho nitro benzene ring substituents is 1. The summed E-state index contributed by atoms with van der Waals surface area (Å²) in [7, 11) is 0. The Bertz CT molecular complexity index is 821. The zero-order valence-corrected chi connectivity index (χ0v) is 11.4. The van der Waals surface area contributed by atoms with Gasteiger partial charge in [-0.15, -0.1) is 0 Å². The van der Waals surface area contributed by atoms with E-state index in [1.165, 1.54) is 12.1 Å². The second kappa shape index (κ2) is 5.58. The van der Waals surface area contributed by atoms with Crippen LogP contribution in [-0.2, 0) is 0 Å². The number of benzene rings is 2. The number of hydrogen-bond donors (Lipinski definition) is 0. The molecule has 0 spiro atoms. The van der Waals surface area contributed by atoms with E-state index in [0.717, 1.165) is 5.56 Å². The summed E-state index contributed by atoms with van der Waals surface area (Å²) >= 11 is 0. The third kappa shape index (κ3) is 2.60. The molecule has 22 heavy (non-hydrogen) atoms. The maximum absolute atomic E-state index is 10.8. The van der Waals surface area contributed by atoms with Gasteiger partial charge in [0, 0.05) is 12.1 Å². The van der Waals surface area contributed by atoms with Crippen LogP contribution in [0, 0.1) is 21.4 Å². The number of rotatable bonds is 3. The highest BCUT2D eigenvalue weighted by Gasteiger charge is 2.13. The molecule has 1 aliphatic rings. The molecule has 0 unspecified atom stereocenters. The minimum absolute atomic E-state index is 0.0515. The van der Waals surface area contributed by atoms with Gasteiger partial charge in [0.1, 0.15) is 0 Å². The van der Waals surface area contributed by atoms with Gasteiger partial charge in [-0.25, -0.2) is 0 Å². The Labute approximate surface area is 126 Å². The molecule has 0 saturated heterocycles. The summed E-state index contributed by atoms with van der Waals surface area (Å²) in [6, 6.07) is 13.4. The minimum Gasteiger partial charge on any atom is -0.454 e. The molecule has 0 saturated carbocycles. The van der Waals surface area contributed by atoms with Gasteiger partial charge in [-0.05, 0) is 29.3 Å². The van der Waals surface area contributed by atoms with Gasteiger partial charge in [-0.1, -0.05) is 18.2 Å². The molecule has 0 atom stereocenters. The maximum atomic E-state index is 10.8. The van der Waals surface area contributed by atoms with Gasteiger partial charge in [0.05, 0.1) is 16.6 Å². The SMILES string of the molecule is N#C/C(=C\c1ccc2c(c1)OCO2)c1cccc([N+](=O)[O-])c1. The zero-order chi connectivity index (χ0) is 15.5. The zero-order valence-electron chi connectivity index (χ0n) is 11.4. The van der Waals surface area contributed by atoms with Crippen LogP contribution in [-0.4, -0.2) is 11.7 Å². The van der Waals surface area contributed by atoms with E-state index in [9.17, 15) is 15.4 Å². The monoisotopic (exact) mass is 294 g/mol. The van der Waals surface area contributed by atoms with Gasteiger partial charge in [0.25, 0.3) is 5.69 Å². The number of hydrogen-bond acceptors (Lipinski definition) is 5. The third-order valence-electron chi connectivity index (χ3n) is 3.20. The molecule has 2 aromatic rings. The van der Waals surface area contributed by atoms with Crippen LogP contribution in [0.2, 0.25) is 0 Å². The number of ether oxygens (including phenoxy) is 2. The summed E-state index contributed by atoms with van der Waals surface area (Å²) in [6.45, 7) is 0.179. The molecule has 3 rings (SSSR count). The fourth-order valence-corrected chi connectivity index (χ4v) is 2.14. The Morgan fingerprint density at radius 3 is 2.82 bits per heavy atom. The van der Waals surface area contributed by atoms with Gasteiger partial charge in [0.15, 0.2) is 11.5 Å². The Kier molecular flexibility index (Phi) is 3.46. The molecule has 0 aromatic heterocycles. The second-order valence-corrected chi connectivity index (χ2v) is 4.59. The number of nitro benzene ring substituents is 1. The van der Waals surface area contributed by atoms with E-state index < -0.39 is 4.92 Å². The van der Waals surface area contributed by atoms with Gasteiger partial charge < -0.3 is 9.47 Å². The summed E-state index contributed by atoms with van der Waals surface area (Å²) in [5.74, 6) is 1.27. The van der Waals surface area contributed by atoms with Crippen molar-refractivity contribution in [3.8, 4) is 17.6 Å². The van der Waals surface area contributed by atoms with Crippen molar-refractivity contribution in [1.82, 2.24) is 0 Å². The van der Waals surface area contributed by atoms with Crippen molar-refractivity contribution in [1.29, 1.82) is 5.26 Å². The molecule has 6 heteroatoms. The summed E-state index contributed by atoms with van der Waals surface area (Å²) < 4.78 is 10.5. The number of nitrogens with zero attached hydrogens (tertiary/aromatic N) is 2. The molecule has 1 aliphatic heterocycles. The van der Waals surface area contributed by atoms with Crippen LogP contribution >= 0.6 is 0 Å². The molecule has 2 aromatic carbocycles. The van der Waals surface area contributed by atoms with Crippen LogP contribution in [0.15, 0.2) is 42.5 Å². The first kappa shape index (κ1) is 13.6. The van der Waals surface area contributed by atoms with Crippen LogP contribution in [0.3, 0.4) is 0 Å². The van der Waals surface area contributed by atoms with E-state index in [0.29, 0.717) is 22.6 Å². The highest BCUT2D eigenvalue weighted by Crippen LogP contribution is 2.33. The maximum Gasteiger partial charge on any atom is 0.270 e. The molecule has 108 valence electrons. The smallest absolute Gasteiger partial charge is 0.270 e. The van der Waals surface area contributed by atoms with Crippen molar-refractivity contribution in [2.24, 2.45) is 0 Å². The summed E-state index contributed by atoms with van der Waals surface area (Å²) in [5.41, 5.74) is 1.54. The van der Waals surface area contributed by atoms with Crippen molar-refractivity contribution in [2.75, 3.05) is 6.79 Å². The average molecular weight is 294 g/mol. The number of allylic oxidation sites excluding steroid dienone is 1. The normalized spacial score (nSPS) is 12.8. The standard InChI is InChI=1S/C16H10N2O4/c17-9-13(12-2-1-3-14(8-12)18(19)20)6-11-4-5-15-16(7-11)22-10-21-15/h1-8H,10H2/b13-6+. The van der Waals surface area contributed by atoms with Crippen LogP contribution in [0.4, 0.5) is 5.69 Å². The van der Waals surface area contributed by atoms with Gasteiger partial charge in [-0.3, -0.25) is 10.1 Å². The van der Waals surface area contributed by atoms with Crippen molar-refractivity contribution in [3.05, 3.63) is 63.7 Å². The molecule has 0 radical (unpaired) electrons. The quantitative estimate of drug-likeness (QED) is 0.375. The first-order chi connectivity index (χ1) is 10.7. The molecule has 0 aliphatic carbocycles. The first-order valence-corrected chi connectivity index (χ1v) is 6.43. The predicted octanol–water partition coefficient (Wildman–Crippen LogP) is 3.39. The van der Waals surface area contributed by atoms with E-state index in [-0.39, 0.29) is 12.5 Å². The van der Waals surface area contributed by atoms with Crippen molar-refractivity contribution in [3.63, 3.8) is 0 Å². The lowest BCUT2D eigenvalue weighted by molar-refractivity contribution is -0.384. The van der Waals surface area contributed by atoms with E-state index in [4.69, 9.17) is 9.47 Å². The fourth-order valence-electron chi connectivity index (χ4n) is 2.14. The van der Waals surface area contributed by atoms with Crippen LogP contribution < -0.4 is 9.47 Å². The highest BCUT2D eigenvalue weighted by molar-refractivity contribution is 5.90. The molecular weight excluding hydrogens is 284 g/mol. The minimum atomic E-state index is -0.487. The fraction of sp³-hybridized carbons (Fsp3) is 0.0625. The summed E-state index contributed by atoms with van der Waals surface area (Å²) in [4.78, 5) is 10.3. The lowest BCUT2D eigenvalue weighted by Gasteiger charge is -2.01. The van der Waals surface area contributed by atoms with E-state index in [2.05, 4.69) is 6.07 Å². The first-order valence-electron chi connectivity index (χ1n) is 6.43. The summed E-state index contributed by atoms with van der Waals surface area (Å²) in [6.07, 6.45) is 1.65. The topological polar surface area (TPSA) is 85.4 Å². The Hall–Kier alpha value is -3.33.